The summed E-state index contributed by atoms with van der Waals surface area (Å²) in [6.07, 6.45) is 6.22. The molecule has 3 aromatic rings. The Morgan fingerprint density at radius 3 is 2.46 bits per heavy atom. The fourth-order valence-corrected chi connectivity index (χ4v) is 5.36. The van der Waals surface area contributed by atoms with Crippen LogP contribution in [-0.2, 0) is 6.42 Å². The molecule has 0 radical (unpaired) electrons. The maximum atomic E-state index is 10.1. The maximum absolute atomic E-state index is 10.1. The largest absolute Gasteiger partial charge is 0.506 e. The van der Waals surface area contributed by atoms with E-state index in [2.05, 4.69) is 11.1 Å². The molecule has 2 aliphatic carbocycles. The Bertz CT molecular complexity index is 1070. The van der Waals surface area contributed by atoms with E-state index in [4.69, 9.17) is 15.2 Å². The lowest BCUT2D eigenvalue weighted by Crippen LogP contribution is -2.31. The Morgan fingerprint density at radius 2 is 1.75 bits per heavy atom. The molecular weight excluding hydrogens is 376 g/mol. The Kier molecular flexibility index (Phi) is 4.76. The normalized spacial score (nSPS) is 23.2. The molecule has 5 nitrogen and oxygen atoms in total. The second kappa shape index (κ2) is 6.98. The van der Waals surface area contributed by atoms with Gasteiger partial charge in [-0.05, 0) is 71.2 Å². The zero-order chi connectivity index (χ0) is 18.7. The summed E-state index contributed by atoms with van der Waals surface area (Å²) in [5.74, 6) is 2.70. The summed E-state index contributed by atoms with van der Waals surface area (Å²) in [6, 6.07) is 5.81. The third-order valence-corrected chi connectivity index (χ3v) is 6.57. The number of aromatic nitrogens is 1. The topological polar surface area (TPSA) is 77.6 Å². The third kappa shape index (κ3) is 2.60. The second-order valence-corrected chi connectivity index (χ2v) is 7.82. The van der Waals surface area contributed by atoms with Crippen LogP contribution in [0.3, 0.4) is 0 Å². The quantitative estimate of drug-likeness (QED) is 0.619. The molecule has 1 saturated carbocycles. The van der Waals surface area contributed by atoms with E-state index in [1.807, 2.05) is 6.07 Å². The fourth-order valence-electron chi connectivity index (χ4n) is 5.36. The highest BCUT2D eigenvalue weighted by Gasteiger charge is 2.40. The van der Waals surface area contributed by atoms with Gasteiger partial charge in [0.05, 0.1) is 25.9 Å². The molecule has 0 saturated heterocycles. The predicted molar refractivity (Wildman–Crippen MR) is 113 cm³/mol. The smallest absolute Gasteiger partial charge is 0.161 e. The van der Waals surface area contributed by atoms with Crippen molar-refractivity contribution in [1.29, 1.82) is 0 Å². The highest BCUT2D eigenvalue weighted by atomic mass is 35.5. The van der Waals surface area contributed by atoms with Gasteiger partial charge in [0, 0.05) is 11.4 Å². The standard InChI is InChI=1S/C22H24N2O3.ClH/c1-26-18-8-14-15(9-19(18)27-2)17-7-12(25)10-24-22(17)20-16(14)6-11-4-3-5-13(11)21(20)23;/h7-11,13,21,25H,3-6,23H2,1-2H3;1H. The van der Waals surface area contributed by atoms with Gasteiger partial charge in [-0.15, -0.1) is 12.4 Å². The first kappa shape index (κ1) is 19.1. The summed E-state index contributed by atoms with van der Waals surface area (Å²) in [5, 5.41) is 13.2. The van der Waals surface area contributed by atoms with Gasteiger partial charge in [-0.25, -0.2) is 0 Å². The van der Waals surface area contributed by atoms with Crippen molar-refractivity contribution >= 4 is 34.1 Å². The second-order valence-electron chi connectivity index (χ2n) is 7.82. The summed E-state index contributed by atoms with van der Waals surface area (Å²) >= 11 is 0. The number of ether oxygens (including phenoxy) is 2. The molecule has 1 aromatic heterocycles. The van der Waals surface area contributed by atoms with Crippen LogP contribution in [0, 0.1) is 11.8 Å². The van der Waals surface area contributed by atoms with E-state index in [1.54, 1.807) is 20.3 Å². The number of nitrogens with two attached hydrogens (primary N) is 1. The van der Waals surface area contributed by atoms with Gasteiger partial charge in [0.15, 0.2) is 11.5 Å². The third-order valence-electron chi connectivity index (χ3n) is 6.57. The van der Waals surface area contributed by atoms with Gasteiger partial charge in [-0.3, -0.25) is 4.98 Å². The molecule has 148 valence electrons. The van der Waals surface area contributed by atoms with Crippen molar-refractivity contribution in [1.82, 2.24) is 4.98 Å². The molecule has 3 N–H and O–H groups in total. The van der Waals surface area contributed by atoms with Crippen LogP contribution in [0.15, 0.2) is 24.4 Å². The molecule has 3 atom stereocenters. The fraction of sp³-hybridized carbons (Fsp3) is 0.409. The lowest BCUT2D eigenvalue weighted by molar-refractivity contribution is 0.306. The summed E-state index contributed by atoms with van der Waals surface area (Å²) in [7, 11) is 3.29. The maximum Gasteiger partial charge on any atom is 0.161 e. The molecule has 1 fully saturated rings. The van der Waals surface area contributed by atoms with Crippen LogP contribution >= 0.6 is 12.4 Å². The summed E-state index contributed by atoms with van der Waals surface area (Å²) < 4.78 is 11.1. The van der Waals surface area contributed by atoms with Crippen LogP contribution in [-0.4, -0.2) is 24.3 Å². The van der Waals surface area contributed by atoms with Crippen LogP contribution in [0.4, 0.5) is 0 Å². The van der Waals surface area contributed by atoms with Gasteiger partial charge in [0.25, 0.3) is 0 Å². The molecule has 3 unspecified atom stereocenters. The average Bonchev–Trinajstić information content (AvgIpc) is 3.16. The Balaban J connectivity index is 0.00000192. The molecule has 0 spiro atoms. The number of hydrogen-bond donors (Lipinski definition) is 2. The van der Waals surface area contributed by atoms with Crippen molar-refractivity contribution < 1.29 is 14.6 Å². The number of methoxy groups -OCH3 is 2. The van der Waals surface area contributed by atoms with Gasteiger partial charge in [0.1, 0.15) is 5.75 Å². The van der Waals surface area contributed by atoms with E-state index in [1.165, 1.54) is 31.0 Å². The first-order chi connectivity index (χ1) is 13.1. The number of benzene rings is 2. The predicted octanol–water partition coefficient (Wildman–Crippen LogP) is 4.50. The van der Waals surface area contributed by atoms with Crippen molar-refractivity contribution in [3.8, 4) is 17.2 Å². The highest BCUT2D eigenvalue weighted by Crippen LogP contribution is 2.51. The Hall–Kier alpha value is -2.24. The lowest BCUT2D eigenvalue weighted by atomic mass is 9.72. The van der Waals surface area contributed by atoms with Crippen molar-refractivity contribution in [2.45, 2.75) is 31.7 Å². The minimum Gasteiger partial charge on any atom is -0.506 e. The average molecular weight is 401 g/mol. The van der Waals surface area contributed by atoms with Gasteiger partial charge in [0.2, 0.25) is 0 Å². The molecule has 1 heterocycles. The molecule has 0 aliphatic heterocycles. The van der Waals surface area contributed by atoms with Crippen LogP contribution < -0.4 is 15.2 Å². The van der Waals surface area contributed by atoms with Gasteiger partial charge in [-0.2, -0.15) is 0 Å². The van der Waals surface area contributed by atoms with Crippen molar-refractivity contribution in [3.63, 3.8) is 0 Å². The summed E-state index contributed by atoms with van der Waals surface area (Å²) in [4.78, 5) is 4.60. The van der Waals surface area contributed by atoms with Crippen LogP contribution in [0.25, 0.3) is 21.7 Å². The zero-order valence-corrected chi connectivity index (χ0v) is 16.9. The Morgan fingerprint density at radius 1 is 1.04 bits per heavy atom. The van der Waals surface area contributed by atoms with Crippen molar-refractivity contribution in [3.05, 3.63) is 35.5 Å². The van der Waals surface area contributed by atoms with E-state index >= 15 is 0 Å². The number of hydrogen-bond acceptors (Lipinski definition) is 5. The molecule has 0 bridgehead atoms. The first-order valence-corrected chi connectivity index (χ1v) is 9.57. The molecule has 2 aliphatic rings. The van der Waals surface area contributed by atoms with Gasteiger partial charge >= 0.3 is 0 Å². The van der Waals surface area contributed by atoms with Crippen molar-refractivity contribution in [2.75, 3.05) is 14.2 Å². The van der Waals surface area contributed by atoms with E-state index in [9.17, 15) is 5.11 Å². The molecule has 0 amide bonds. The number of aromatic hydroxyl groups is 1. The molecule has 28 heavy (non-hydrogen) atoms. The molecule has 5 rings (SSSR count). The monoisotopic (exact) mass is 400 g/mol. The van der Waals surface area contributed by atoms with Gasteiger partial charge in [-0.1, -0.05) is 6.42 Å². The summed E-state index contributed by atoms with van der Waals surface area (Å²) in [6.45, 7) is 0. The molecule has 6 heteroatoms. The van der Waals surface area contributed by atoms with E-state index < -0.39 is 0 Å². The number of halogens is 1. The number of fused-ring (bicyclic) bond motifs is 7. The Labute approximate surface area is 170 Å². The minimum absolute atomic E-state index is 0. The summed E-state index contributed by atoms with van der Waals surface area (Å²) in [5.41, 5.74) is 10.1. The number of rotatable bonds is 2. The number of pyridine rings is 1. The molecule has 2 aromatic carbocycles. The highest BCUT2D eigenvalue weighted by molar-refractivity contribution is 6.11. The lowest BCUT2D eigenvalue weighted by Gasteiger charge is -2.35. The minimum atomic E-state index is -0.0155. The number of nitrogens with zero attached hydrogens (tertiary/aromatic N) is 1. The van der Waals surface area contributed by atoms with Crippen molar-refractivity contribution in [2.24, 2.45) is 17.6 Å². The first-order valence-electron chi connectivity index (χ1n) is 9.57. The molecular formula is C22H25ClN2O3. The SMILES string of the molecule is COc1cc2c3c(c4ncc(O)cc4c2cc1OC)C(N)C1CCCC1C3.Cl. The van der Waals surface area contributed by atoms with Crippen LogP contribution in [0.1, 0.15) is 36.4 Å². The van der Waals surface area contributed by atoms with E-state index in [0.29, 0.717) is 23.3 Å². The van der Waals surface area contributed by atoms with Crippen LogP contribution in [0.5, 0.6) is 17.2 Å². The van der Waals surface area contributed by atoms with E-state index in [0.717, 1.165) is 33.7 Å². The zero-order valence-electron chi connectivity index (χ0n) is 16.1. The van der Waals surface area contributed by atoms with E-state index in [-0.39, 0.29) is 24.2 Å². The van der Waals surface area contributed by atoms with Crippen LogP contribution in [0.2, 0.25) is 0 Å². The van der Waals surface area contributed by atoms with Gasteiger partial charge < -0.3 is 20.3 Å².